The topological polar surface area (TPSA) is 47.9 Å². The lowest BCUT2D eigenvalue weighted by Gasteiger charge is -2.16. The first-order chi connectivity index (χ1) is 13.3. The summed E-state index contributed by atoms with van der Waals surface area (Å²) in [5, 5.41) is 0. The van der Waals surface area contributed by atoms with Crippen molar-refractivity contribution in [3.05, 3.63) is 60.9 Å². The normalized spacial score (nSPS) is 11.9. The van der Waals surface area contributed by atoms with E-state index in [1.807, 2.05) is 48.5 Å². The van der Waals surface area contributed by atoms with Crippen molar-refractivity contribution in [3.8, 4) is 28.5 Å². The first-order valence-corrected chi connectivity index (χ1v) is 9.77. The molecule has 0 aliphatic carbocycles. The Morgan fingerprint density at radius 1 is 0.852 bits per heavy atom. The molecule has 0 fully saturated rings. The first kappa shape index (κ1) is 19.0. The lowest BCUT2D eigenvalue weighted by molar-refractivity contribution is 0.233. The minimum absolute atomic E-state index is 0.578. The molecule has 0 bridgehead atoms. The molecule has 0 N–H and O–H groups in total. The quantitative estimate of drug-likeness (QED) is 0.483. The van der Waals surface area contributed by atoms with Gasteiger partial charge in [0.15, 0.2) is 0 Å². The van der Waals surface area contributed by atoms with E-state index in [9.17, 15) is 0 Å². The number of pyridine rings is 3. The molecule has 0 aliphatic rings. The monoisotopic (exact) mass is 361 g/mol. The Bertz CT molecular complexity index is 764. The Balaban J connectivity index is 1.88. The molecule has 4 heteroatoms. The third kappa shape index (κ3) is 5.36. The SMILES string of the molecule is CCCCC(CC)COc1cc(-c2ccccn2)nc(-c2ccccn2)c1. The highest BCUT2D eigenvalue weighted by Crippen LogP contribution is 2.27. The lowest BCUT2D eigenvalue weighted by atomic mass is 10.0. The lowest BCUT2D eigenvalue weighted by Crippen LogP contribution is -2.11. The average Bonchev–Trinajstić information content (AvgIpc) is 2.75. The van der Waals surface area contributed by atoms with E-state index in [-0.39, 0.29) is 0 Å². The molecule has 0 aromatic carbocycles. The van der Waals surface area contributed by atoms with Crippen molar-refractivity contribution in [2.75, 3.05) is 6.61 Å². The van der Waals surface area contributed by atoms with E-state index in [0.29, 0.717) is 5.92 Å². The average molecular weight is 361 g/mol. The van der Waals surface area contributed by atoms with Crippen LogP contribution < -0.4 is 4.74 Å². The highest BCUT2D eigenvalue weighted by molar-refractivity contribution is 5.64. The van der Waals surface area contributed by atoms with E-state index in [1.165, 1.54) is 19.3 Å². The van der Waals surface area contributed by atoms with E-state index in [4.69, 9.17) is 9.72 Å². The fourth-order valence-corrected chi connectivity index (χ4v) is 2.99. The molecule has 4 nitrogen and oxygen atoms in total. The van der Waals surface area contributed by atoms with Crippen LogP contribution in [-0.4, -0.2) is 21.6 Å². The van der Waals surface area contributed by atoms with E-state index in [1.54, 1.807) is 12.4 Å². The zero-order chi connectivity index (χ0) is 18.9. The van der Waals surface area contributed by atoms with Crippen LogP contribution in [0.4, 0.5) is 0 Å². The molecule has 1 unspecified atom stereocenters. The number of ether oxygens (including phenoxy) is 1. The van der Waals surface area contributed by atoms with Gasteiger partial charge in [-0.25, -0.2) is 4.98 Å². The fourth-order valence-electron chi connectivity index (χ4n) is 2.99. The van der Waals surface area contributed by atoms with Crippen molar-refractivity contribution < 1.29 is 4.74 Å². The summed E-state index contributed by atoms with van der Waals surface area (Å²) in [5.41, 5.74) is 3.27. The van der Waals surface area contributed by atoms with Gasteiger partial charge in [0.1, 0.15) is 5.75 Å². The Hall–Kier alpha value is -2.75. The standard InChI is InChI=1S/C23H27N3O/c1-3-5-10-18(4-2)17-27-19-15-22(20-11-6-8-13-24-20)26-23(16-19)21-12-7-9-14-25-21/h6-9,11-16,18H,3-5,10,17H2,1-2H3. The summed E-state index contributed by atoms with van der Waals surface area (Å²) in [6, 6.07) is 15.6. The summed E-state index contributed by atoms with van der Waals surface area (Å²) in [5.74, 6) is 1.40. The van der Waals surface area contributed by atoms with Crippen molar-refractivity contribution in [1.29, 1.82) is 0 Å². The second-order valence-electron chi connectivity index (χ2n) is 6.73. The summed E-state index contributed by atoms with van der Waals surface area (Å²) < 4.78 is 6.18. The number of aromatic nitrogens is 3. The van der Waals surface area contributed by atoms with Crippen molar-refractivity contribution in [2.45, 2.75) is 39.5 Å². The number of hydrogen-bond acceptors (Lipinski definition) is 4. The Morgan fingerprint density at radius 2 is 1.48 bits per heavy atom. The van der Waals surface area contributed by atoms with E-state index in [0.717, 1.165) is 41.6 Å². The maximum atomic E-state index is 6.18. The second kappa shape index (κ2) is 9.81. The van der Waals surface area contributed by atoms with Gasteiger partial charge in [-0.3, -0.25) is 9.97 Å². The first-order valence-electron chi connectivity index (χ1n) is 9.77. The van der Waals surface area contributed by atoms with Gasteiger partial charge in [0.2, 0.25) is 0 Å². The molecule has 0 amide bonds. The Kier molecular flexibility index (Phi) is 6.91. The van der Waals surface area contributed by atoms with E-state index < -0.39 is 0 Å². The van der Waals surface area contributed by atoms with Crippen molar-refractivity contribution in [1.82, 2.24) is 15.0 Å². The number of rotatable bonds is 9. The number of unbranched alkanes of at least 4 members (excludes halogenated alkanes) is 1. The molecule has 0 radical (unpaired) electrons. The molecule has 140 valence electrons. The van der Waals surface area contributed by atoms with Crippen LogP contribution >= 0.6 is 0 Å². The van der Waals surface area contributed by atoms with Gasteiger partial charge < -0.3 is 4.74 Å². The minimum atomic E-state index is 0.578. The van der Waals surface area contributed by atoms with Gasteiger partial charge in [0.25, 0.3) is 0 Å². The molecule has 1 atom stereocenters. The fraction of sp³-hybridized carbons (Fsp3) is 0.348. The van der Waals surface area contributed by atoms with Crippen LogP contribution in [0, 0.1) is 5.92 Å². The molecule has 0 spiro atoms. The van der Waals surface area contributed by atoms with Gasteiger partial charge in [-0.2, -0.15) is 0 Å². The van der Waals surface area contributed by atoms with Gasteiger partial charge in [-0.1, -0.05) is 45.2 Å². The molecule has 3 aromatic heterocycles. The molecule has 3 rings (SSSR count). The summed E-state index contributed by atoms with van der Waals surface area (Å²) in [7, 11) is 0. The zero-order valence-electron chi connectivity index (χ0n) is 16.1. The third-order valence-electron chi connectivity index (χ3n) is 4.68. The predicted molar refractivity (Wildman–Crippen MR) is 110 cm³/mol. The Labute approximate surface area is 161 Å². The number of hydrogen-bond donors (Lipinski definition) is 0. The van der Waals surface area contributed by atoms with Crippen molar-refractivity contribution in [3.63, 3.8) is 0 Å². The molecular weight excluding hydrogens is 334 g/mol. The van der Waals surface area contributed by atoms with Crippen molar-refractivity contribution in [2.24, 2.45) is 5.92 Å². The zero-order valence-corrected chi connectivity index (χ0v) is 16.1. The van der Waals surface area contributed by atoms with Crippen LogP contribution in [0.1, 0.15) is 39.5 Å². The van der Waals surface area contributed by atoms with Gasteiger partial charge in [0.05, 0.1) is 29.4 Å². The van der Waals surface area contributed by atoms with E-state index >= 15 is 0 Å². The number of nitrogens with zero attached hydrogens (tertiary/aromatic N) is 3. The molecule has 0 saturated carbocycles. The molecule has 0 aliphatic heterocycles. The highest BCUT2D eigenvalue weighted by atomic mass is 16.5. The summed E-state index contributed by atoms with van der Waals surface area (Å²) >= 11 is 0. The largest absolute Gasteiger partial charge is 0.493 e. The van der Waals surface area contributed by atoms with Crippen LogP contribution in [0.2, 0.25) is 0 Å². The van der Waals surface area contributed by atoms with E-state index in [2.05, 4.69) is 23.8 Å². The predicted octanol–water partition coefficient (Wildman–Crippen LogP) is 5.80. The maximum Gasteiger partial charge on any atom is 0.123 e. The Morgan fingerprint density at radius 3 is 1.96 bits per heavy atom. The van der Waals surface area contributed by atoms with Crippen LogP contribution in [0.5, 0.6) is 5.75 Å². The van der Waals surface area contributed by atoms with Crippen LogP contribution in [-0.2, 0) is 0 Å². The van der Waals surface area contributed by atoms with Crippen molar-refractivity contribution >= 4 is 0 Å². The minimum Gasteiger partial charge on any atom is -0.493 e. The highest BCUT2D eigenvalue weighted by Gasteiger charge is 2.12. The van der Waals surface area contributed by atoms with Crippen LogP contribution in [0.3, 0.4) is 0 Å². The third-order valence-corrected chi connectivity index (χ3v) is 4.68. The molecule has 3 heterocycles. The summed E-state index contributed by atoms with van der Waals surface area (Å²) in [6.07, 6.45) is 8.37. The van der Waals surface area contributed by atoms with Gasteiger partial charge >= 0.3 is 0 Å². The second-order valence-corrected chi connectivity index (χ2v) is 6.73. The van der Waals surface area contributed by atoms with Gasteiger partial charge in [-0.05, 0) is 36.6 Å². The maximum absolute atomic E-state index is 6.18. The molecule has 3 aromatic rings. The van der Waals surface area contributed by atoms with Crippen LogP contribution in [0.25, 0.3) is 22.8 Å². The summed E-state index contributed by atoms with van der Waals surface area (Å²) in [6.45, 7) is 5.19. The molecule has 0 saturated heterocycles. The molecule has 27 heavy (non-hydrogen) atoms. The molecular formula is C23H27N3O. The van der Waals surface area contributed by atoms with Crippen LogP contribution in [0.15, 0.2) is 60.9 Å². The summed E-state index contributed by atoms with van der Waals surface area (Å²) in [4.78, 5) is 13.6. The smallest absolute Gasteiger partial charge is 0.123 e. The van der Waals surface area contributed by atoms with Gasteiger partial charge in [0, 0.05) is 24.5 Å². The van der Waals surface area contributed by atoms with Gasteiger partial charge in [-0.15, -0.1) is 0 Å².